The predicted molar refractivity (Wildman–Crippen MR) is 99.4 cm³/mol. The molecule has 2 rings (SSSR count). The molecule has 3 nitrogen and oxygen atoms in total. The summed E-state index contributed by atoms with van der Waals surface area (Å²) in [6, 6.07) is 8.90. The summed E-state index contributed by atoms with van der Waals surface area (Å²) in [7, 11) is -1.32. The smallest absolute Gasteiger partial charge is 0.262 e. The Bertz CT molecular complexity index is 606. The van der Waals surface area contributed by atoms with E-state index in [1.54, 1.807) is 4.90 Å². The summed E-state index contributed by atoms with van der Waals surface area (Å²) in [5.41, 5.74) is 2.78. The quantitative estimate of drug-likeness (QED) is 0.459. The first-order chi connectivity index (χ1) is 9.99. The van der Waals surface area contributed by atoms with E-state index in [1.807, 2.05) is 31.3 Å². The Balaban J connectivity index is 2.61. The third-order valence-corrected chi connectivity index (χ3v) is 5.69. The third-order valence-electron chi connectivity index (χ3n) is 3.45. The maximum absolute atomic E-state index is 12.8. The fraction of sp³-hybridized carbons (Fsp3) is 0.471. The Labute approximate surface area is 136 Å². The number of anilines is 1. The fourth-order valence-corrected chi connectivity index (χ4v) is 4.94. The lowest BCUT2D eigenvalue weighted by molar-refractivity contribution is -0.112. The van der Waals surface area contributed by atoms with Gasteiger partial charge in [0, 0.05) is 12.6 Å². The van der Waals surface area contributed by atoms with Gasteiger partial charge in [-0.25, -0.2) is 0 Å². The molecule has 1 aromatic carbocycles. The van der Waals surface area contributed by atoms with Gasteiger partial charge < -0.3 is 9.33 Å². The lowest BCUT2D eigenvalue weighted by Crippen LogP contribution is -2.30. The first-order valence-corrected chi connectivity index (χ1v) is 14.9. The van der Waals surface area contributed by atoms with Crippen molar-refractivity contribution in [1.82, 2.24) is 0 Å². The highest BCUT2D eigenvalue weighted by Gasteiger charge is 2.35. The van der Waals surface area contributed by atoms with Crippen LogP contribution in [0.15, 0.2) is 30.0 Å². The molecule has 120 valence electrons. The highest BCUT2D eigenvalue weighted by molar-refractivity contribution is 6.77. The highest BCUT2D eigenvalue weighted by atomic mass is 28.4. The van der Waals surface area contributed by atoms with E-state index < -0.39 is 16.4 Å². The van der Waals surface area contributed by atoms with Crippen LogP contribution in [0, 0.1) is 0 Å². The average molecular weight is 334 g/mol. The molecule has 0 atom stereocenters. The number of amides is 1. The van der Waals surface area contributed by atoms with Crippen molar-refractivity contribution in [1.29, 1.82) is 0 Å². The number of allylic oxidation sites excluding steroid dienone is 1. The van der Waals surface area contributed by atoms with Gasteiger partial charge in [0.25, 0.3) is 5.91 Å². The maximum atomic E-state index is 12.8. The monoisotopic (exact) mass is 333 g/mol. The minimum Gasteiger partial charge on any atom is -0.547 e. The number of carbonyl (C=O) groups is 1. The minimum atomic E-state index is -1.77. The van der Waals surface area contributed by atoms with Crippen LogP contribution in [0.3, 0.4) is 0 Å². The summed E-state index contributed by atoms with van der Waals surface area (Å²) in [4.78, 5) is 14.5. The summed E-state index contributed by atoms with van der Waals surface area (Å²) in [6.45, 7) is 13.5. The first kappa shape index (κ1) is 17.0. The van der Waals surface area contributed by atoms with Gasteiger partial charge in [-0.2, -0.15) is 0 Å². The molecular formula is C17H27NO2Si2. The SMILES string of the molecule is CN1C(=O)/C(=C(\C[Si](C)(C)C)O[Si](C)(C)C)c2ccccc21. The molecule has 0 N–H and O–H groups in total. The molecule has 0 fully saturated rings. The van der Waals surface area contributed by atoms with Crippen molar-refractivity contribution in [3.8, 4) is 0 Å². The lowest BCUT2D eigenvalue weighted by Gasteiger charge is -2.27. The van der Waals surface area contributed by atoms with Crippen molar-refractivity contribution in [2.45, 2.75) is 45.3 Å². The van der Waals surface area contributed by atoms with Gasteiger partial charge >= 0.3 is 0 Å². The van der Waals surface area contributed by atoms with Gasteiger partial charge in [-0.15, -0.1) is 0 Å². The number of likely N-dealkylation sites (N-methyl/N-ethyl adjacent to an activating group) is 1. The number of nitrogens with zero attached hydrogens (tertiary/aromatic N) is 1. The van der Waals surface area contributed by atoms with Gasteiger partial charge in [0.15, 0.2) is 0 Å². The van der Waals surface area contributed by atoms with E-state index in [0.29, 0.717) is 0 Å². The molecule has 5 heteroatoms. The third kappa shape index (κ3) is 3.70. The van der Waals surface area contributed by atoms with Gasteiger partial charge in [-0.05, 0) is 31.8 Å². The summed E-state index contributed by atoms with van der Waals surface area (Å²) < 4.78 is 6.38. The molecule has 0 unspecified atom stereocenters. The van der Waals surface area contributed by atoms with Gasteiger partial charge in [0.2, 0.25) is 8.32 Å². The number of benzene rings is 1. The second-order valence-electron chi connectivity index (χ2n) is 8.13. The van der Waals surface area contributed by atoms with E-state index in [0.717, 1.165) is 28.6 Å². The van der Waals surface area contributed by atoms with Crippen LogP contribution in [0.1, 0.15) is 5.56 Å². The fourth-order valence-electron chi connectivity index (χ4n) is 2.67. The van der Waals surface area contributed by atoms with Crippen LogP contribution >= 0.6 is 0 Å². The van der Waals surface area contributed by atoms with Crippen LogP contribution in [0.2, 0.25) is 45.3 Å². The molecule has 1 aromatic rings. The topological polar surface area (TPSA) is 29.5 Å². The molecule has 1 amide bonds. The number of fused-ring (bicyclic) bond motifs is 1. The van der Waals surface area contributed by atoms with Crippen molar-refractivity contribution in [2.75, 3.05) is 11.9 Å². The number of para-hydroxylation sites is 1. The second-order valence-corrected chi connectivity index (χ2v) is 18.0. The van der Waals surface area contributed by atoms with Gasteiger partial charge in [0.05, 0.1) is 25.1 Å². The molecule has 22 heavy (non-hydrogen) atoms. The molecule has 0 aromatic heterocycles. The summed E-state index contributed by atoms with van der Waals surface area (Å²) >= 11 is 0. The second kappa shape index (κ2) is 5.70. The minimum absolute atomic E-state index is 0.0627. The largest absolute Gasteiger partial charge is 0.547 e. The molecule has 1 aliphatic heterocycles. The van der Waals surface area contributed by atoms with Gasteiger partial charge in [-0.1, -0.05) is 37.8 Å². The van der Waals surface area contributed by atoms with Crippen molar-refractivity contribution in [3.63, 3.8) is 0 Å². The van der Waals surface area contributed by atoms with Crippen LogP contribution in [-0.2, 0) is 9.22 Å². The Morgan fingerprint density at radius 1 is 1.09 bits per heavy atom. The standard InChI is InChI=1S/C17H27NO2Si2/c1-18-14-11-9-8-10-13(14)16(17(18)19)15(12-21(2,3)4)20-22(5,6)7/h8-11H,12H2,1-7H3/b16-15+. The zero-order chi connectivity index (χ0) is 16.7. The molecule has 0 saturated carbocycles. The Kier molecular flexibility index (Phi) is 4.41. The highest BCUT2D eigenvalue weighted by Crippen LogP contribution is 2.40. The number of hydrogen-bond donors (Lipinski definition) is 0. The summed E-state index contributed by atoms with van der Waals surface area (Å²) in [5.74, 6) is 0.979. The predicted octanol–water partition coefficient (Wildman–Crippen LogP) is 4.56. The first-order valence-electron chi connectivity index (χ1n) is 7.79. The van der Waals surface area contributed by atoms with Crippen molar-refractivity contribution in [2.24, 2.45) is 0 Å². The van der Waals surface area contributed by atoms with Crippen LogP contribution in [-0.4, -0.2) is 29.3 Å². The van der Waals surface area contributed by atoms with Crippen LogP contribution in [0.25, 0.3) is 5.57 Å². The summed E-state index contributed by atoms with van der Waals surface area (Å²) in [5, 5.41) is 0. The molecule has 1 aliphatic rings. The average Bonchev–Trinajstić information content (AvgIpc) is 2.58. The lowest BCUT2D eigenvalue weighted by atomic mass is 10.1. The van der Waals surface area contributed by atoms with E-state index in [4.69, 9.17) is 4.43 Å². The van der Waals surface area contributed by atoms with Crippen molar-refractivity contribution >= 4 is 33.6 Å². The Morgan fingerprint density at radius 2 is 1.68 bits per heavy atom. The van der Waals surface area contributed by atoms with Crippen LogP contribution in [0.4, 0.5) is 5.69 Å². The maximum Gasteiger partial charge on any atom is 0.262 e. The number of hydrogen-bond acceptors (Lipinski definition) is 2. The van der Waals surface area contributed by atoms with E-state index in [2.05, 4.69) is 39.3 Å². The zero-order valence-corrected chi connectivity index (χ0v) is 16.8. The molecule has 0 aliphatic carbocycles. The number of rotatable bonds is 4. The molecule has 0 radical (unpaired) electrons. The van der Waals surface area contributed by atoms with Crippen molar-refractivity contribution in [3.05, 3.63) is 35.6 Å². The number of carbonyl (C=O) groups excluding carboxylic acids is 1. The van der Waals surface area contributed by atoms with E-state index in [1.165, 1.54) is 0 Å². The van der Waals surface area contributed by atoms with E-state index in [9.17, 15) is 4.79 Å². The van der Waals surface area contributed by atoms with Gasteiger partial charge in [0.1, 0.15) is 0 Å². The molecule has 0 saturated heterocycles. The normalized spacial score (nSPS) is 17.6. The van der Waals surface area contributed by atoms with Crippen LogP contribution in [0.5, 0.6) is 0 Å². The Hall–Kier alpha value is -1.34. The van der Waals surface area contributed by atoms with Gasteiger partial charge in [-0.3, -0.25) is 4.79 Å². The molecular weight excluding hydrogens is 306 g/mol. The zero-order valence-electron chi connectivity index (χ0n) is 14.8. The molecule has 1 heterocycles. The molecule has 0 bridgehead atoms. The van der Waals surface area contributed by atoms with Crippen LogP contribution < -0.4 is 4.90 Å². The van der Waals surface area contributed by atoms with E-state index in [-0.39, 0.29) is 5.91 Å². The van der Waals surface area contributed by atoms with E-state index >= 15 is 0 Å². The van der Waals surface area contributed by atoms with Crippen molar-refractivity contribution < 1.29 is 9.22 Å². The Morgan fingerprint density at radius 3 is 2.23 bits per heavy atom. The molecule has 0 spiro atoms. The summed E-state index contributed by atoms with van der Waals surface area (Å²) in [6.07, 6.45) is 0.